The molecular formula is C19H19BClFO3. The van der Waals surface area contributed by atoms with Crippen LogP contribution in [-0.4, -0.2) is 24.1 Å². The molecule has 0 aliphatic carbocycles. The fourth-order valence-corrected chi connectivity index (χ4v) is 2.87. The molecule has 3 nitrogen and oxygen atoms in total. The van der Waals surface area contributed by atoms with Crippen LogP contribution in [-0.2, 0) is 9.31 Å². The van der Waals surface area contributed by atoms with Gasteiger partial charge in [0.25, 0.3) is 0 Å². The SMILES string of the molecule is CC1(C)OB(c2cc(C(=O)c3ccccc3)c(F)cc2Cl)OC1(C)C. The summed E-state index contributed by atoms with van der Waals surface area (Å²) >= 11 is 6.21. The summed E-state index contributed by atoms with van der Waals surface area (Å²) in [6.07, 6.45) is 0. The van der Waals surface area contributed by atoms with Gasteiger partial charge in [0.2, 0.25) is 0 Å². The molecule has 0 amide bonds. The molecule has 2 aromatic rings. The van der Waals surface area contributed by atoms with Crippen molar-refractivity contribution in [2.75, 3.05) is 0 Å². The molecule has 0 unspecified atom stereocenters. The van der Waals surface area contributed by atoms with Crippen molar-refractivity contribution in [1.29, 1.82) is 0 Å². The molecule has 0 N–H and O–H groups in total. The highest BCUT2D eigenvalue weighted by atomic mass is 35.5. The normalized spacial score (nSPS) is 18.4. The first-order valence-electron chi connectivity index (χ1n) is 8.07. The van der Waals surface area contributed by atoms with E-state index in [4.69, 9.17) is 20.9 Å². The minimum absolute atomic E-state index is 0.0553. The Morgan fingerprint density at radius 2 is 1.60 bits per heavy atom. The Hall–Kier alpha value is -1.69. The Labute approximate surface area is 152 Å². The minimum Gasteiger partial charge on any atom is -0.399 e. The Bertz CT molecular complexity index is 805. The number of ketones is 1. The number of carbonyl (C=O) groups is 1. The Morgan fingerprint density at radius 1 is 1.04 bits per heavy atom. The fraction of sp³-hybridized carbons (Fsp3) is 0.316. The molecule has 1 aliphatic rings. The molecular weight excluding hydrogens is 341 g/mol. The van der Waals surface area contributed by atoms with Gasteiger partial charge in [-0.05, 0) is 39.8 Å². The third-order valence-corrected chi connectivity index (χ3v) is 5.20. The van der Waals surface area contributed by atoms with Gasteiger partial charge in [0.05, 0.1) is 16.8 Å². The van der Waals surface area contributed by atoms with E-state index in [1.54, 1.807) is 30.3 Å². The van der Waals surface area contributed by atoms with Gasteiger partial charge < -0.3 is 9.31 Å². The summed E-state index contributed by atoms with van der Waals surface area (Å²) < 4.78 is 26.3. The molecule has 0 atom stereocenters. The second kappa shape index (κ2) is 6.24. The van der Waals surface area contributed by atoms with Gasteiger partial charge in [0.15, 0.2) is 5.78 Å². The average molecular weight is 361 g/mol. The highest BCUT2D eigenvalue weighted by Gasteiger charge is 2.52. The van der Waals surface area contributed by atoms with Crippen molar-refractivity contribution in [2.24, 2.45) is 0 Å². The average Bonchev–Trinajstić information content (AvgIpc) is 2.75. The molecule has 0 saturated carbocycles. The van der Waals surface area contributed by atoms with E-state index in [-0.39, 0.29) is 10.6 Å². The van der Waals surface area contributed by atoms with Crippen LogP contribution >= 0.6 is 11.6 Å². The zero-order valence-corrected chi connectivity index (χ0v) is 15.4. The lowest BCUT2D eigenvalue weighted by Crippen LogP contribution is -2.41. The lowest BCUT2D eigenvalue weighted by Gasteiger charge is -2.32. The lowest BCUT2D eigenvalue weighted by atomic mass is 9.77. The zero-order chi connectivity index (χ0) is 18.4. The molecule has 0 spiro atoms. The molecule has 130 valence electrons. The molecule has 2 aromatic carbocycles. The molecule has 3 rings (SSSR count). The van der Waals surface area contributed by atoms with Gasteiger partial charge in [-0.2, -0.15) is 0 Å². The summed E-state index contributed by atoms with van der Waals surface area (Å²) in [5, 5.41) is 0.167. The highest BCUT2D eigenvalue weighted by Crippen LogP contribution is 2.37. The predicted octanol–water partition coefficient (Wildman–Crippen LogP) is 4.01. The fourth-order valence-electron chi connectivity index (χ4n) is 2.64. The summed E-state index contributed by atoms with van der Waals surface area (Å²) in [6.45, 7) is 7.67. The van der Waals surface area contributed by atoms with Gasteiger partial charge in [-0.15, -0.1) is 0 Å². The standard InChI is InChI=1S/C19H19BClFO3/c1-18(2)19(3,4)25-20(24-18)14-10-13(16(22)11-15(14)21)17(23)12-8-6-5-7-9-12/h5-11H,1-4H3. The maximum absolute atomic E-state index is 14.4. The monoisotopic (exact) mass is 360 g/mol. The van der Waals surface area contributed by atoms with Crippen molar-refractivity contribution in [2.45, 2.75) is 38.9 Å². The maximum Gasteiger partial charge on any atom is 0.496 e. The van der Waals surface area contributed by atoms with Crippen LogP contribution in [0.1, 0.15) is 43.6 Å². The highest BCUT2D eigenvalue weighted by molar-refractivity contribution is 6.65. The van der Waals surface area contributed by atoms with Crippen LogP contribution in [0.5, 0.6) is 0 Å². The third kappa shape index (κ3) is 3.24. The Balaban J connectivity index is 2.02. The van der Waals surface area contributed by atoms with Gasteiger partial charge in [-0.3, -0.25) is 4.79 Å². The van der Waals surface area contributed by atoms with E-state index in [0.29, 0.717) is 11.0 Å². The first-order valence-corrected chi connectivity index (χ1v) is 8.44. The topological polar surface area (TPSA) is 35.5 Å². The van der Waals surface area contributed by atoms with Crippen LogP contribution in [0.15, 0.2) is 42.5 Å². The van der Waals surface area contributed by atoms with E-state index in [0.717, 1.165) is 6.07 Å². The van der Waals surface area contributed by atoms with E-state index >= 15 is 0 Å². The summed E-state index contributed by atoms with van der Waals surface area (Å²) in [4.78, 5) is 12.6. The van der Waals surface area contributed by atoms with Gasteiger partial charge in [0.1, 0.15) is 5.82 Å². The van der Waals surface area contributed by atoms with Crippen molar-refractivity contribution in [3.63, 3.8) is 0 Å². The van der Waals surface area contributed by atoms with Gasteiger partial charge >= 0.3 is 7.12 Å². The van der Waals surface area contributed by atoms with E-state index in [2.05, 4.69) is 0 Å². The Kier molecular flexibility index (Phi) is 4.52. The van der Waals surface area contributed by atoms with Crippen LogP contribution in [0.25, 0.3) is 0 Å². The quantitative estimate of drug-likeness (QED) is 0.613. The smallest absolute Gasteiger partial charge is 0.399 e. The number of benzene rings is 2. The van der Waals surface area contributed by atoms with Gasteiger partial charge in [-0.25, -0.2) is 4.39 Å². The van der Waals surface area contributed by atoms with Crippen molar-refractivity contribution >= 4 is 30.0 Å². The summed E-state index contributed by atoms with van der Waals surface area (Å²) in [5.74, 6) is -1.08. The number of rotatable bonds is 3. The largest absolute Gasteiger partial charge is 0.496 e. The molecule has 6 heteroatoms. The van der Waals surface area contributed by atoms with Crippen LogP contribution in [0.3, 0.4) is 0 Å². The van der Waals surface area contributed by atoms with Crippen molar-refractivity contribution < 1.29 is 18.5 Å². The van der Waals surface area contributed by atoms with Gasteiger partial charge in [-0.1, -0.05) is 41.9 Å². The first kappa shape index (κ1) is 18.1. The molecule has 0 aromatic heterocycles. The van der Waals surface area contributed by atoms with E-state index in [9.17, 15) is 9.18 Å². The molecule has 0 bridgehead atoms. The molecule has 25 heavy (non-hydrogen) atoms. The summed E-state index contributed by atoms with van der Waals surface area (Å²) in [7, 11) is -0.763. The van der Waals surface area contributed by atoms with Crippen molar-refractivity contribution in [1.82, 2.24) is 0 Å². The number of carbonyl (C=O) groups excluding carboxylic acids is 1. The number of hydrogen-bond donors (Lipinski definition) is 0. The van der Waals surface area contributed by atoms with Crippen molar-refractivity contribution in [3.05, 3.63) is 64.4 Å². The second-order valence-electron chi connectivity index (χ2n) is 7.14. The summed E-state index contributed by atoms with van der Waals surface area (Å²) in [6, 6.07) is 11.1. The van der Waals surface area contributed by atoms with Crippen LogP contribution in [0, 0.1) is 5.82 Å². The molecule has 1 fully saturated rings. The lowest BCUT2D eigenvalue weighted by molar-refractivity contribution is 0.00578. The zero-order valence-electron chi connectivity index (χ0n) is 14.6. The Morgan fingerprint density at radius 3 is 2.16 bits per heavy atom. The maximum atomic E-state index is 14.4. The van der Waals surface area contributed by atoms with Crippen molar-refractivity contribution in [3.8, 4) is 0 Å². The van der Waals surface area contributed by atoms with Crippen LogP contribution in [0.4, 0.5) is 4.39 Å². The van der Waals surface area contributed by atoms with Gasteiger partial charge in [0, 0.05) is 16.0 Å². The first-order chi connectivity index (χ1) is 11.6. The van der Waals surface area contributed by atoms with E-state index in [1.165, 1.54) is 6.07 Å². The molecule has 1 aliphatic heterocycles. The number of halogens is 2. The predicted molar refractivity (Wildman–Crippen MR) is 97.0 cm³/mol. The van der Waals surface area contributed by atoms with E-state index < -0.39 is 29.9 Å². The molecule has 1 heterocycles. The van der Waals surface area contributed by atoms with E-state index in [1.807, 2.05) is 27.7 Å². The molecule has 0 radical (unpaired) electrons. The number of hydrogen-bond acceptors (Lipinski definition) is 3. The third-order valence-electron chi connectivity index (χ3n) is 4.87. The molecule has 1 saturated heterocycles. The van der Waals surface area contributed by atoms with Crippen LogP contribution in [0.2, 0.25) is 5.02 Å². The van der Waals surface area contributed by atoms with Crippen LogP contribution < -0.4 is 5.46 Å². The minimum atomic E-state index is -0.763. The second-order valence-corrected chi connectivity index (χ2v) is 7.54. The summed E-state index contributed by atoms with van der Waals surface area (Å²) in [5.41, 5.74) is -0.317.